The summed E-state index contributed by atoms with van der Waals surface area (Å²) >= 11 is 9.27. The molecule has 1 atom stereocenters. The van der Waals surface area contributed by atoms with Crippen LogP contribution in [0.4, 0.5) is 0 Å². The Morgan fingerprint density at radius 3 is 2.76 bits per heavy atom. The van der Waals surface area contributed by atoms with Gasteiger partial charge < -0.3 is 9.84 Å². The summed E-state index contributed by atoms with van der Waals surface area (Å²) in [7, 11) is 1.59. The van der Waals surface area contributed by atoms with E-state index in [2.05, 4.69) is 15.9 Å². The van der Waals surface area contributed by atoms with Gasteiger partial charge in [-0.1, -0.05) is 46.4 Å². The number of unbranched alkanes of at least 4 members (excludes halogenated alkanes) is 2. The molecule has 0 aromatic heterocycles. The zero-order chi connectivity index (χ0) is 12.7. The van der Waals surface area contributed by atoms with Crippen LogP contribution in [0.2, 0.25) is 5.02 Å². The number of aliphatic hydroxyl groups is 1. The fourth-order valence-corrected chi connectivity index (χ4v) is 2.28. The van der Waals surface area contributed by atoms with Gasteiger partial charge in [0.15, 0.2) is 0 Å². The molecule has 0 amide bonds. The van der Waals surface area contributed by atoms with Gasteiger partial charge in [-0.2, -0.15) is 0 Å². The molecule has 0 aliphatic rings. The first kappa shape index (κ1) is 14.8. The Morgan fingerprint density at radius 2 is 2.12 bits per heavy atom. The number of methoxy groups -OCH3 is 1. The molecule has 0 saturated carbocycles. The second kappa shape index (κ2) is 7.96. The number of ether oxygens (including phenoxy) is 1. The fraction of sp³-hybridized carbons (Fsp3) is 0.538. The van der Waals surface area contributed by atoms with Crippen molar-refractivity contribution in [1.29, 1.82) is 0 Å². The van der Waals surface area contributed by atoms with Crippen LogP contribution in [0.15, 0.2) is 18.2 Å². The lowest BCUT2D eigenvalue weighted by atomic mass is 10.0. The van der Waals surface area contributed by atoms with Crippen molar-refractivity contribution in [3.8, 4) is 5.75 Å². The van der Waals surface area contributed by atoms with Gasteiger partial charge in [0.2, 0.25) is 0 Å². The number of aliphatic hydroxyl groups excluding tert-OH is 1. The van der Waals surface area contributed by atoms with Crippen LogP contribution in [-0.2, 0) is 0 Å². The fourth-order valence-electron chi connectivity index (χ4n) is 1.72. The van der Waals surface area contributed by atoms with E-state index < -0.39 is 6.10 Å². The van der Waals surface area contributed by atoms with Crippen molar-refractivity contribution in [3.05, 3.63) is 28.8 Å². The minimum Gasteiger partial charge on any atom is -0.496 e. The third-order valence-corrected chi connectivity index (χ3v) is 3.46. The zero-order valence-electron chi connectivity index (χ0n) is 9.96. The Kier molecular flexibility index (Phi) is 6.93. The Labute approximate surface area is 116 Å². The molecule has 0 bridgehead atoms. The first-order chi connectivity index (χ1) is 8.19. The van der Waals surface area contributed by atoms with Gasteiger partial charge >= 0.3 is 0 Å². The van der Waals surface area contributed by atoms with Gasteiger partial charge in [-0.25, -0.2) is 0 Å². The Bertz CT molecular complexity index is 344. The molecule has 1 N–H and O–H groups in total. The minimum absolute atomic E-state index is 0.474. The van der Waals surface area contributed by atoms with E-state index in [0.29, 0.717) is 10.8 Å². The summed E-state index contributed by atoms with van der Waals surface area (Å²) < 4.78 is 5.22. The van der Waals surface area contributed by atoms with E-state index in [0.717, 1.165) is 36.6 Å². The molecule has 1 aromatic rings. The molecular weight excluding hydrogens is 303 g/mol. The van der Waals surface area contributed by atoms with Crippen LogP contribution in [0.25, 0.3) is 0 Å². The van der Waals surface area contributed by atoms with Crippen molar-refractivity contribution < 1.29 is 9.84 Å². The second-order valence-electron chi connectivity index (χ2n) is 3.94. The van der Waals surface area contributed by atoms with E-state index in [4.69, 9.17) is 16.3 Å². The Morgan fingerprint density at radius 1 is 1.35 bits per heavy atom. The molecule has 0 aliphatic carbocycles. The van der Waals surface area contributed by atoms with Gasteiger partial charge in [0.1, 0.15) is 5.75 Å². The number of alkyl halides is 1. The number of benzene rings is 1. The maximum atomic E-state index is 10.1. The maximum absolute atomic E-state index is 10.1. The zero-order valence-corrected chi connectivity index (χ0v) is 12.3. The summed E-state index contributed by atoms with van der Waals surface area (Å²) in [4.78, 5) is 0. The van der Waals surface area contributed by atoms with Gasteiger partial charge in [-0.05, 0) is 25.0 Å². The molecule has 96 valence electrons. The van der Waals surface area contributed by atoms with E-state index in [1.807, 2.05) is 6.07 Å². The summed E-state index contributed by atoms with van der Waals surface area (Å²) in [5.74, 6) is 0.658. The summed E-state index contributed by atoms with van der Waals surface area (Å²) in [6.45, 7) is 0. The van der Waals surface area contributed by atoms with Crippen LogP contribution in [0.5, 0.6) is 5.75 Å². The molecule has 17 heavy (non-hydrogen) atoms. The van der Waals surface area contributed by atoms with E-state index in [9.17, 15) is 5.11 Å². The minimum atomic E-state index is -0.474. The quantitative estimate of drug-likeness (QED) is 0.598. The van der Waals surface area contributed by atoms with Crippen molar-refractivity contribution >= 4 is 27.5 Å². The number of halogens is 2. The molecule has 2 nitrogen and oxygen atoms in total. The smallest absolute Gasteiger partial charge is 0.126 e. The van der Waals surface area contributed by atoms with Crippen molar-refractivity contribution in [1.82, 2.24) is 0 Å². The lowest BCUT2D eigenvalue weighted by Crippen LogP contribution is -2.00. The highest BCUT2D eigenvalue weighted by Crippen LogP contribution is 2.30. The van der Waals surface area contributed by atoms with E-state index >= 15 is 0 Å². The summed E-state index contributed by atoms with van der Waals surface area (Å²) in [6, 6.07) is 5.34. The average molecular weight is 322 g/mol. The maximum Gasteiger partial charge on any atom is 0.126 e. The molecule has 0 spiro atoms. The van der Waals surface area contributed by atoms with Gasteiger partial charge in [0, 0.05) is 15.9 Å². The molecular formula is C13H18BrClO2. The largest absolute Gasteiger partial charge is 0.496 e. The Balaban J connectivity index is 2.58. The molecule has 1 rings (SSSR count). The normalized spacial score (nSPS) is 12.5. The van der Waals surface area contributed by atoms with Crippen molar-refractivity contribution in [3.63, 3.8) is 0 Å². The Hall–Kier alpha value is -0.250. The van der Waals surface area contributed by atoms with Gasteiger partial charge in [0.25, 0.3) is 0 Å². The van der Waals surface area contributed by atoms with Crippen LogP contribution >= 0.6 is 27.5 Å². The highest BCUT2D eigenvalue weighted by atomic mass is 79.9. The molecule has 0 fully saturated rings. The lowest BCUT2D eigenvalue weighted by molar-refractivity contribution is 0.159. The second-order valence-corrected chi connectivity index (χ2v) is 5.17. The SMILES string of the molecule is COc1cc(Cl)ccc1C(O)CCCCCBr. The van der Waals surface area contributed by atoms with E-state index in [1.54, 1.807) is 19.2 Å². The first-order valence-corrected chi connectivity index (χ1v) is 7.26. The van der Waals surface area contributed by atoms with E-state index in [1.165, 1.54) is 0 Å². The highest BCUT2D eigenvalue weighted by molar-refractivity contribution is 9.09. The van der Waals surface area contributed by atoms with Gasteiger partial charge in [-0.3, -0.25) is 0 Å². The molecule has 0 radical (unpaired) electrons. The van der Waals surface area contributed by atoms with Crippen LogP contribution in [-0.4, -0.2) is 17.5 Å². The third-order valence-electron chi connectivity index (χ3n) is 2.67. The van der Waals surface area contributed by atoms with Crippen molar-refractivity contribution in [2.75, 3.05) is 12.4 Å². The molecule has 1 aromatic carbocycles. The third kappa shape index (κ3) is 4.86. The monoisotopic (exact) mass is 320 g/mol. The molecule has 0 heterocycles. The van der Waals surface area contributed by atoms with Crippen LogP contribution in [0.3, 0.4) is 0 Å². The topological polar surface area (TPSA) is 29.5 Å². The van der Waals surface area contributed by atoms with Gasteiger partial charge in [0.05, 0.1) is 13.2 Å². The van der Waals surface area contributed by atoms with Crippen LogP contribution in [0, 0.1) is 0 Å². The predicted molar refractivity (Wildman–Crippen MR) is 75.2 cm³/mol. The highest BCUT2D eigenvalue weighted by Gasteiger charge is 2.13. The molecule has 0 saturated heterocycles. The predicted octanol–water partition coefficient (Wildman–Crippen LogP) is 4.34. The van der Waals surface area contributed by atoms with Crippen LogP contribution < -0.4 is 4.74 Å². The summed E-state index contributed by atoms with van der Waals surface area (Å²) in [6.07, 6.45) is 3.56. The molecule has 1 unspecified atom stereocenters. The lowest BCUT2D eigenvalue weighted by Gasteiger charge is -2.14. The number of rotatable bonds is 7. The van der Waals surface area contributed by atoms with Gasteiger partial charge in [-0.15, -0.1) is 0 Å². The summed E-state index contributed by atoms with van der Waals surface area (Å²) in [5, 5.41) is 11.7. The standard InChI is InChI=1S/C13H18BrClO2/c1-17-13-9-10(15)6-7-11(13)12(16)5-3-2-4-8-14/h6-7,9,12,16H,2-5,8H2,1H3. The molecule has 4 heteroatoms. The van der Waals surface area contributed by atoms with Crippen molar-refractivity contribution in [2.45, 2.75) is 31.8 Å². The average Bonchev–Trinajstić information content (AvgIpc) is 2.34. The van der Waals surface area contributed by atoms with E-state index in [-0.39, 0.29) is 0 Å². The molecule has 0 aliphatic heterocycles. The van der Waals surface area contributed by atoms with Crippen LogP contribution in [0.1, 0.15) is 37.4 Å². The number of hydrogen-bond acceptors (Lipinski definition) is 2. The number of hydrogen-bond donors (Lipinski definition) is 1. The van der Waals surface area contributed by atoms with Crippen molar-refractivity contribution in [2.24, 2.45) is 0 Å². The first-order valence-electron chi connectivity index (χ1n) is 5.76. The summed E-state index contributed by atoms with van der Waals surface area (Å²) in [5.41, 5.74) is 0.816.